The monoisotopic (exact) mass is 470 g/mol. The summed E-state index contributed by atoms with van der Waals surface area (Å²) in [7, 11) is 0. The van der Waals surface area contributed by atoms with E-state index in [-0.39, 0.29) is 39.4 Å². The van der Waals surface area contributed by atoms with Crippen LogP contribution in [0.4, 0.5) is 17.6 Å². The number of thiazole rings is 1. The Bertz CT molecular complexity index is 1250. The quantitative estimate of drug-likeness (QED) is 0.512. The first-order valence-electron chi connectivity index (χ1n) is 9.53. The van der Waals surface area contributed by atoms with Crippen LogP contribution in [-0.2, 0) is 11.0 Å². The number of nitrogens with zero attached hydrogens (tertiary/aromatic N) is 2. The molecule has 170 valence electrons. The molecule has 1 atom stereocenters. The molecule has 32 heavy (non-hydrogen) atoms. The van der Waals surface area contributed by atoms with E-state index in [2.05, 4.69) is 4.99 Å². The molecule has 1 amide bonds. The maximum Gasteiger partial charge on any atom is 0.416 e. The van der Waals surface area contributed by atoms with Crippen LogP contribution in [0, 0.1) is 5.82 Å². The van der Waals surface area contributed by atoms with Crippen LogP contribution in [0.3, 0.4) is 0 Å². The first-order valence-corrected chi connectivity index (χ1v) is 10.4. The van der Waals surface area contributed by atoms with Gasteiger partial charge in [0.1, 0.15) is 6.04 Å². The Morgan fingerprint density at radius 3 is 2.53 bits per heavy atom. The number of benzene rings is 2. The Kier molecular flexibility index (Phi) is 6.68. The molecule has 0 fully saturated rings. The van der Waals surface area contributed by atoms with Crippen LogP contribution < -0.4 is 9.54 Å². The normalized spacial score (nSPS) is 13.4. The van der Waals surface area contributed by atoms with Gasteiger partial charge in [0, 0.05) is 5.56 Å². The number of carboxylic acids is 1. The number of carbonyl (C=O) groups is 2. The topological polar surface area (TPSA) is 80.9 Å². The van der Waals surface area contributed by atoms with Crippen LogP contribution in [0.2, 0.25) is 0 Å². The Hall–Kier alpha value is -3.21. The second-order valence-electron chi connectivity index (χ2n) is 6.67. The minimum atomic E-state index is -4.65. The van der Waals surface area contributed by atoms with Crippen molar-refractivity contribution in [3.63, 3.8) is 0 Å². The predicted molar refractivity (Wildman–Crippen MR) is 109 cm³/mol. The Morgan fingerprint density at radius 2 is 1.94 bits per heavy atom. The molecule has 1 N–H and O–H groups in total. The van der Waals surface area contributed by atoms with E-state index in [9.17, 15) is 32.3 Å². The smallest absolute Gasteiger partial charge is 0.416 e. The number of rotatable bonds is 6. The number of aromatic nitrogens is 1. The minimum Gasteiger partial charge on any atom is -0.491 e. The van der Waals surface area contributed by atoms with Crippen LogP contribution >= 0.6 is 11.3 Å². The zero-order valence-corrected chi connectivity index (χ0v) is 17.8. The molecule has 0 spiro atoms. The van der Waals surface area contributed by atoms with Crippen molar-refractivity contribution in [2.24, 2.45) is 4.99 Å². The molecular weight excluding hydrogens is 452 g/mol. The Balaban J connectivity index is 2.24. The van der Waals surface area contributed by atoms with Crippen LogP contribution in [0.5, 0.6) is 5.75 Å². The highest BCUT2D eigenvalue weighted by molar-refractivity contribution is 7.16. The van der Waals surface area contributed by atoms with Crippen LogP contribution in [0.15, 0.2) is 41.4 Å². The summed E-state index contributed by atoms with van der Waals surface area (Å²) in [6, 6.07) is 5.35. The Morgan fingerprint density at radius 1 is 1.22 bits per heavy atom. The largest absolute Gasteiger partial charge is 0.491 e. The van der Waals surface area contributed by atoms with Gasteiger partial charge in [0.05, 0.1) is 22.4 Å². The lowest BCUT2D eigenvalue weighted by molar-refractivity contribution is -0.141. The number of halogens is 4. The van der Waals surface area contributed by atoms with Crippen molar-refractivity contribution in [3.05, 3.63) is 58.1 Å². The molecule has 3 rings (SSSR count). The van der Waals surface area contributed by atoms with Crippen molar-refractivity contribution in [3.8, 4) is 5.75 Å². The molecule has 0 bridgehead atoms. The van der Waals surface area contributed by atoms with E-state index in [1.807, 2.05) is 0 Å². The third-order valence-corrected chi connectivity index (χ3v) is 5.68. The summed E-state index contributed by atoms with van der Waals surface area (Å²) >= 11 is 0.719. The number of fused-ring (bicyclic) bond motifs is 1. The Labute approximate surface area is 183 Å². The second-order valence-corrected chi connectivity index (χ2v) is 7.65. The van der Waals surface area contributed by atoms with Crippen molar-refractivity contribution in [1.29, 1.82) is 0 Å². The zero-order chi connectivity index (χ0) is 23.6. The number of carbonyl (C=O) groups excluding carboxylic acids is 1. The van der Waals surface area contributed by atoms with Gasteiger partial charge in [0.15, 0.2) is 16.4 Å². The molecule has 3 aromatic rings. The molecule has 2 aromatic carbocycles. The highest BCUT2D eigenvalue weighted by Gasteiger charge is 2.31. The fourth-order valence-electron chi connectivity index (χ4n) is 3.15. The highest BCUT2D eigenvalue weighted by atomic mass is 32.1. The van der Waals surface area contributed by atoms with E-state index in [1.54, 1.807) is 13.8 Å². The zero-order valence-electron chi connectivity index (χ0n) is 16.9. The lowest BCUT2D eigenvalue weighted by Crippen LogP contribution is -2.27. The number of alkyl halides is 3. The molecule has 0 radical (unpaired) electrons. The van der Waals surface area contributed by atoms with Crippen molar-refractivity contribution in [2.75, 3.05) is 6.61 Å². The molecule has 1 aromatic heterocycles. The average molecular weight is 470 g/mol. The molecule has 0 saturated carbocycles. The molecule has 0 aliphatic carbocycles. The van der Waals surface area contributed by atoms with Gasteiger partial charge in [-0.2, -0.15) is 18.2 Å². The fraction of sp³-hybridized carbons (Fsp3) is 0.286. The highest BCUT2D eigenvalue weighted by Crippen LogP contribution is 2.32. The van der Waals surface area contributed by atoms with Crippen LogP contribution in [0.1, 0.15) is 42.2 Å². The molecular formula is C21H18F4N2O4S. The summed E-state index contributed by atoms with van der Waals surface area (Å²) in [4.78, 5) is 28.2. The van der Waals surface area contributed by atoms with Crippen molar-refractivity contribution < 1.29 is 37.0 Å². The third-order valence-electron chi connectivity index (χ3n) is 4.62. The van der Waals surface area contributed by atoms with E-state index in [1.165, 1.54) is 22.8 Å². The fourth-order valence-corrected chi connectivity index (χ4v) is 4.25. The maximum absolute atomic E-state index is 14.9. The van der Waals surface area contributed by atoms with E-state index < -0.39 is 35.5 Å². The number of aliphatic carboxylic acids is 1. The summed E-state index contributed by atoms with van der Waals surface area (Å²) in [5.74, 6) is -3.03. The summed E-state index contributed by atoms with van der Waals surface area (Å²) in [6.07, 6.45) is -4.55. The van der Waals surface area contributed by atoms with Gasteiger partial charge in [0.25, 0.3) is 5.91 Å². The molecule has 11 heteroatoms. The van der Waals surface area contributed by atoms with E-state index in [0.29, 0.717) is 6.07 Å². The SMILES string of the molecule is CCOc1ccc2c(s/c(=N\C(=O)c3cccc(C(F)(F)F)c3)n2C(CC)C(=O)O)c1F. The summed E-state index contributed by atoms with van der Waals surface area (Å²) < 4.78 is 60.3. The molecule has 0 saturated heterocycles. The summed E-state index contributed by atoms with van der Waals surface area (Å²) in [5.41, 5.74) is -1.17. The van der Waals surface area contributed by atoms with Crippen molar-refractivity contribution in [2.45, 2.75) is 32.5 Å². The number of carboxylic acid groups (broad SMARTS) is 1. The molecule has 0 aliphatic rings. The van der Waals surface area contributed by atoms with Gasteiger partial charge in [-0.15, -0.1) is 0 Å². The third kappa shape index (κ3) is 4.52. The lowest BCUT2D eigenvalue weighted by atomic mass is 10.1. The number of ether oxygens (including phenoxy) is 1. The first kappa shape index (κ1) is 23.5. The molecule has 1 heterocycles. The first-order chi connectivity index (χ1) is 15.1. The van der Waals surface area contributed by atoms with Gasteiger partial charge in [-0.05, 0) is 43.7 Å². The van der Waals surface area contributed by atoms with Gasteiger partial charge in [-0.1, -0.05) is 24.3 Å². The van der Waals surface area contributed by atoms with Gasteiger partial charge in [0.2, 0.25) is 0 Å². The maximum atomic E-state index is 14.9. The summed E-state index contributed by atoms with van der Waals surface area (Å²) in [6.45, 7) is 3.47. The number of amides is 1. The number of hydrogen-bond acceptors (Lipinski definition) is 4. The molecule has 6 nitrogen and oxygen atoms in total. The van der Waals surface area contributed by atoms with Gasteiger partial charge in [-0.25, -0.2) is 9.18 Å². The van der Waals surface area contributed by atoms with E-state index in [4.69, 9.17) is 4.74 Å². The van der Waals surface area contributed by atoms with Crippen molar-refractivity contribution in [1.82, 2.24) is 4.57 Å². The minimum absolute atomic E-state index is 0.0197. The predicted octanol–water partition coefficient (Wildman–Crippen LogP) is 5.04. The average Bonchev–Trinajstić information content (AvgIpc) is 3.09. The van der Waals surface area contributed by atoms with Crippen molar-refractivity contribution >= 4 is 33.4 Å². The van der Waals surface area contributed by atoms with Gasteiger partial charge in [-0.3, -0.25) is 4.79 Å². The summed E-state index contributed by atoms with van der Waals surface area (Å²) in [5, 5.41) is 9.63. The molecule has 1 unspecified atom stereocenters. The lowest BCUT2D eigenvalue weighted by Gasteiger charge is -2.14. The second kappa shape index (κ2) is 9.11. The van der Waals surface area contributed by atoms with Gasteiger partial charge >= 0.3 is 12.1 Å². The van der Waals surface area contributed by atoms with E-state index >= 15 is 0 Å². The number of hydrogen-bond donors (Lipinski definition) is 1. The molecule has 0 aliphatic heterocycles. The van der Waals surface area contributed by atoms with Gasteiger partial charge < -0.3 is 14.4 Å². The van der Waals surface area contributed by atoms with Crippen LogP contribution in [-0.4, -0.2) is 28.2 Å². The van der Waals surface area contributed by atoms with Crippen LogP contribution in [0.25, 0.3) is 10.2 Å². The standard InChI is InChI=1S/C21H18F4N2O4S/c1-3-13(19(29)30)27-14-8-9-15(31-4-2)16(22)17(14)32-20(27)26-18(28)11-6-5-7-12(10-11)21(23,24)25/h5-10,13H,3-4H2,1-2H3,(H,29,30)/b26-20-. The van der Waals surface area contributed by atoms with E-state index in [0.717, 1.165) is 23.5 Å².